The molecule has 0 aliphatic carbocycles. The number of hydrogen-bond acceptors (Lipinski definition) is 7. The molecule has 0 spiro atoms. The number of nitriles is 1. The number of furan rings is 1. The van der Waals surface area contributed by atoms with E-state index in [9.17, 15) is 10.1 Å². The number of hydrogen-bond donors (Lipinski definition) is 0. The molecule has 3 heterocycles. The summed E-state index contributed by atoms with van der Waals surface area (Å²) in [6.07, 6.45) is 1.52. The van der Waals surface area contributed by atoms with E-state index in [1.807, 2.05) is 17.0 Å². The average molecular weight is 378 g/mol. The molecule has 2 aromatic heterocycles. The van der Waals surface area contributed by atoms with Gasteiger partial charge < -0.3 is 23.4 Å². The maximum atomic E-state index is 12.8. The molecule has 0 radical (unpaired) electrons. The first-order valence-corrected chi connectivity index (χ1v) is 8.83. The van der Waals surface area contributed by atoms with Gasteiger partial charge in [-0.1, -0.05) is 12.1 Å². The highest BCUT2D eigenvalue weighted by molar-refractivity contribution is 5.97. The zero-order valence-corrected chi connectivity index (χ0v) is 15.3. The number of amides is 1. The van der Waals surface area contributed by atoms with Crippen molar-refractivity contribution in [3.63, 3.8) is 0 Å². The molecule has 8 nitrogen and oxygen atoms in total. The number of anilines is 1. The van der Waals surface area contributed by atoms with Gasteiger partial charge in [-0.15, -0.1) is 0 Å². The van der Waals surface area contributed by atoms with Crippen molar-refractivity contribution in [1.82, 2.24) is 9.88 Å². The topological polar surface area (TPSA) is 95.7 Å². The minimum Gasteiger partial charge on any atom is -0.496 e. The lowest BCUT2D eigenvalue weighted by Gasteiger charge is -2.34. The number of carbonyl (C=O) groups excluding carboxylic acids is 1. The molecule has 0 bridgehead atoms. The Morgan fingerprint density at radius 3 is 2.64 bits per heavy atom. The minimum atomic E-state index is -0.0774. The van der Waals surface area contributed by atoms with Crippen LogP contribution in [0.3, 0.4) is 0 Å². The van der Waals surface area contributed by atoms with Crippen molar-refractivity contribution in [2.75, 3.05) is 38.2 Å². The third-order valence-corrected chi connectivity index (χ3v) is 4.64. The number of rotatable bonds is 4. The van der Waals surface area contributed by atoms with E-state index in [2.05, 4.69) is 11.1 Å². The van der Waals surface area contributed by atoms with Crippen molar-refractivity contribution in [3.8, 4) is 23.5 Å². The van der Waals surface area contributed by atoms with Crippen molar-refractivity contribution in [2.45, 2.75) is 0 Å². The quantitative estimate of drug-likeness (QED) is 0.689. The van der Waals surface area contributed by atoms with Gasteiger partial charge >= 0.3 is 0 Å². The molecule has 1 aliphatic heterocycles. The van der Waals surface area contributed by atoms with Crippen LogP contribution in [0.15, 0.2) is 51.5 Å². The molecule has 1 aromatic carbocycles. The number of nitrogens with zero attached hydrogens (tertiary/aromatic N) is 4. The fourth-order valence-electron chi connectivity index (χ4n) is 3.21. The second-order valence-electron chi connectivity index (χ2n) is 6.24. The van der Waals surface area contributed by atoms with Crippen molar-refractivity contribution < 1.29 is 18.4 Å². The summed E-state index contributed by atoms with van der Waals surface area (Å²) in [6.45, 7) is 2.06. The number of oxazole rings is 1. The van der Waals surface area contributed by atoms with Gasteiger partial charge in [0.2, 0.25) is 11.6 Å². The Labute approximate surface area is 161 Å². The largest absolute Gasteiger partial charge is 0.496 e. The minimum absolute atomic E-state index is 0.0774. The first-order chi connectivity index (χ1) is 13.7. The number of para-hydroxylation sites is 1. The molecule has 28 heavy (non-hydrogen) atoms. The number of carbonyl (C=O) groups is 1. The molecule has 8 heteroatoms. The Bertz CT molecular complexity index is 1010. The number of aromatic nitrogens is 1. The molecule has 1 fully saturated rings. The average Bonchev–Trinajstić information content (AvgIpc) is 3.43. The first-order valence-electron chi connectivity index (χ1n) is 8.83. The summed E-state index contributed by atoms with van der Waals surface area (Å²) in [5, 5.41) is 9.40. The highest BCUT2D eigenvalue weighted by atomic mass is 16.5. The van der Waals surface area contributed by atoms with Gasteiger partial charge in [0.25, 0.3) is 11.8 Å². The van der Waals surface area contributed by atoms with Crippen molar-refractivity contribution in [3.05, 3.63) is 53.9 Å². The zero-order valence-electron chi connectivity index (χ0n) is 15.3. The Morgan fingerprint density at radius 1 is 1.18 bits per heavy atom. The molecule has 1 amide bonds. The van der Waals surface area contributed by atoms with Crippen molar-refractivity contribution >= 4 is 11.8 Å². The van der Waals surface area contributed by atoms with Gasteiger partial charge in [0.05, 0.1) is 18.9 Å². The van der Waals surface area contributed by atoms with Gasteiger partial charge in [0.15, 0.2) is 5.76 Å². The van der Waals surface area contributed by atoms with E-state index in [1.165, 1.54) is 6.26 Å². The molecule has 0 saturated carbocycles. The van der Waals surface area contributed by atoms with E-state index in [0.29, 0.717) is 49.1 Å². The van der Waals surface area contributed by atoms with Gasteiger partial charge in [-0.05, 0) is 24.3 Å². The van der Waals surface area contributed by atoms with E-state index in [0.717, 1.165) is 0 Å². The molecule has 0 atom stereocenters. The summed E-state index contributed by atoms with van der Waals surface area (Å²) in [5.74, 6) is 1.61. The Morgan fingerprint density at radius 2 is 1.96 bits per heavy atom. The monoisotopic (exact) mass is 378 g/mol. The number of ether oxygens (including phenoxy) is 1. The molecular weight excluding hydrogens is 360 g/mol. The van der Waals surface area contributed by atoms with Crippen LogP contribution in [0.25, 0.3) is 11.7 Å². The molecule has 0 N–H and O–H groups in total. The van der Waals surface area contributed by atoms with E-state index in [-0.39, 0.29) is 17.5 Å². The number of methoxy groups -OCH3 is 1. The second-order valence-corrected chi connectivity index (χ2v) is 6.24. The van der Waals surface area contributed by atoms with E-state index in [4.69, 9.17) is 13.6 Å². The lowest BCUT2D eigenvalue weighted by Crippen LogP contribution is -2.49. The fourth-order valence-corrected chi connectivity index (χ4v) is 3.21. The first kappa shape index (κ1) is 17.7. The number of piperazine rings is 1. The third kappa shape index (κ3) is 3.18. The Hall–Kier alpha value is -3.73. The second kappa shape index (κ2) is 7.48. The van der Waals surface area contributed by atoms with Crippen LogP contribution >= 0.6 is 0 Å². The van der Waals surface area contributed by atoms with Crippen LogP contribution in [0.4, 0.5) is 5.88 Å². The van der Waals surface area contributed by atoms with E-state index >= 15 is 0 Å². The van der Waals surface area contributed by atoms with Crippen LogP contribution in [-0.4, -0.2) is 49.1 Å². The zero-order chi connectivity index (χ0) is 19.5. The fraction of sp³-hybridized carbons (Fsp3) is 0.250. The van der Waals surface area contributed by atoms with E-state index < -0.39 is 0 Å². The van der Waals surface area contributed by atoms with Gasteiger partial charge in [0.1, 0.15) is 11.8 Å². The third-order valence-electron chi connectivity index (χ3n) is 4.64. The van der Waals surface area contributed by atoms with Crippen LogP contribution in [0.5, 0.6) is 5.75 Å². The molecule has 3 aromatic rings. The lowest BCUT2D eigenvalue weighted by atomic mass is 10.1. The summed E-state index contributed by atoms with van der Waals surface area (Å²) >= 11 is 0. The Kier molecular flexibility index (Phi) is 4.72. The van der Waals surface area contributed by atoms with E-state index in [1.54, 1.807) is 36.3 Å². The molecular formula is C20H18N4O4. The molecule has 1 aliphatic rings. The van der Waals surface area contributed by atoms with Gasteiger partial charge in [-0.25, -0.2) is 0 Å². The van der Waals surface area contributed by atoms with Gasteiger partial charge in [-0.3, -0.25) is 4.79 Å². The van der Waals surface area contributed by atoms with Crippen molar-refractivity contribution in [1.29, 1.82) is 5.26 Å². The molecule has 4 rings (SSSR count). The van der Waals surface area contributed by atoms with Gasteiger partial charge in [-0.2, -0.15) is 10.2 Å². The Balaban J connectivity index is 1.49. The van der Waals surface area contributed by atoms with Crippen LogP contribution in [-0.2, 0) is 0 Å². The lowest BCUT2D eigenvalue weighted by molar-refractivity contribution is 0.0742. The van der Waals surface area contributed by atoms with Crippen LogP contribution in [0.2, 0.25) is 0 Å². The summed E-state index contributed by atoms with van der Waals surface area (Å²) in [5.41, 5.74) is 0.742. The normalized spacial score (nSPS) is 14.0. The van der Waals surface area contributed by atoms with Crippen molar-refractivity contribution in [2.24, 2.45) is 0 Å². The predicted octanol–water partition coefficient (Wildman–Crippen LogP) is 2.78. The molecule has 0 unspecified atom stereocenters. The highest BCUT2D eigenvalue weighted by Gasteiger charge is 2.28. The summed E-state index contributed by atoms with van der Waals surface area (Å²) in [7, 11) is 1.55. The summed E-state index contributed by atoms with van der Waals surface area (Å²) in [4.78, 5) is 20.7. The molecule has 142 valence electrons. The standard InChI is InChI=1S/C20H18N4O4/c1-26-16-6-3-2-5-14(16)19(25)23-8-10-24(11-9-23)20-15(13-21)22-18(28-20)17-7-4-12-27-17/h2-7,12H,8-11H2,1H3. The maximum absolute atomic E-state index is 12.8. The summed E-state index contributed by atoms with van der Waals surface area (Å²) < 4.78 is 16.4. The smallest absolute Gasteiger partial charge is 0.266 e. The van der Waals surface area contributed by atoms with Crippen LogP contribution in [0, 0.1) is 11.3 Å². The summed E-state index contributed by atoms with van der Waals surface area (Å²) in [6, 6.07) is 12.7. The van der Waals surface area contributed by atoms with Gasteiger partial charge in [0, 0.05) is 26.2 Å². The maximum Gasteiger partial charge on any atom is 0.266 e. The SMILES string of the molecule is COc1ccccc1C(=O)N1CCN(c2oc(-c3ccco3)nc2C#N)CC1. The highest BCUT2D eigenvalue weighted by Crippen LogP contribution is 2.29. The van der Waals surface area contributed by atoms with Crippen LogP contribution in [0.1, 0.15) is 16.1 Å². The number of benzene rings is 1. The van der Waals surface area contributed by atoms with Crippen LogP contribution < -0.4 is 9.64 Å². The molecule has 1 saturated heterocycles. The predicted molar refractivity (Wildman–Crippen MR) is 100 cm³/mol.